The second kappa shape index (κ2) is 10.4. The van der Waals surface area contributed by atoms with Crippen LogP contribution in [0, 0.1) is 6.92 Å². The van der Waals surface area contributed by atoms with Crippen molar-refractivity contribution in [2.45, 2.75) is 50.3 Å². The number of nitrogens with zero attached hydrogens (tertiary/aromatic N) is 6. The predicted molar refractivity (Wildman–Crippen MR) is 138 cm³/mol. The van der Waals surface area contributed by atoms with Gasteiger partial charge in [-0.25, -0.2) is 4.31 Å². The maximum absolute atomic E-state index is 5.04. The standard InChI is InChI=1S/C26H32N6S/c1-21-13-7-8-16-23(21)33-32(22-14-5-2-6-15-22)26-28-24(30-17-9-3-10-18-30)27-25(29-26)31-19-11-4-12-20-31/h2,5-8,13-16H,3-4,9-12,17-20H2,1H3. The third kappa shape index (κ3) is 5.24. The molecule has 2 saturated heterocycles. The van der Waals surface area contributed by atoms with Gasteiger partial charge in [0.1, 0.15) is 0 Å². The molecule has 0 aliphatic carbocycles. The Bertz CT molecular complexity index is 1010. The van der Waals surface area contributed by atoms with Crippen molar-refractivity contribution in [3.8, 4) is 0 Å². The molecule has 2 aromatic carbocycles. The average molecular weight is 461 g/mol. The number of aromatic nitrogens is 3. The number of aryl methyl sites for hydroxylation is 1. The fourth-order valence-corrected chi connectivity index (χ4v) is 5.37. The average Bonchev–Trinajstić information content (AvgIpc) is 2.89. The van der Waals surface area contributed by atoms with E-state index in [9.17, 15) is 0 Å². The molecule has 3 aromatic rings. The molecule has 7 heteroatoms. The highest BCUT2D eigenvalue weighted by Crippen LogP contribution is 2.37. The first-order valence-corrected chi connectivity index (χ1v) is 12.9. The highest BCUT2D eigenvalue weighted by atomic mass is 32.2. The number of rotatable bonds is 6. The minimum atomic E-state index is 0.700. The van der Waals surface area contributed by atoms with E-state index in [1.54, 1.807) is 11.9 Å². The van der Waals surface area contributed by atoms with Gasteiger partial charge in [0.25, 0.3) is 0 Å². The lowest BCUT2D eigenvalue weighted by Crippen LogP contribution is -2.35. The third-order valence-electron chi connectivity index (χ3n) is 6.33. The second-order valence-electron chi connectivity index (χ2n) is 8.82. The highest BCUT2D eigenvalue weighted by molar-refractivity contribution is 8.01. The number of hydrogen-bond donors (Lipinski definition) is 0. The molecule has 0 atom stereocenters. The van der Waals surface area contributed by atoms with Crippen molar-refractivity contribution in [3.05, 3.63) is 60.2 Å². The van der Waals surface area contributed by atoms with Crippen molar-refractivity contribution in [2.75, 3.05) is 40.3 Å². The van der Waals surface area contributed by atoms with Crippen molar-refractivity contribution < 1.29 is 0 Å². The van der Waals surface area contributed by atoms with Gasteiger partial charge >= 0.3 is 0 Å². The van der Waals surface area contributed by atoms with E-state index in [1.807, 2.05) is 6.07 Å². The zero-order valence-electron chi connectivity index (χ0n) is 19.4. The molecular weight excluding hydrogens is 428 g/mol. The molecule has 172 valence electrons. The molecule has 6 nitrogen and oxygen atoms in total. The maximum atomic E-state index is 5.04. The van der Waals surface area contributed by atoms with Gasteiger partial charge in [0.05, 0.1) is 5.69 Å². The van der Waals surface area contributed by atoms with Gasteiger partial charge in [-0.15, -0.1) is 0 Å². The molecule has 33 heavy (non-hydrogen) atoms. The van der Waals surface area contributed by atoms with Crippen LogP contribution in [0.5, 0.6) is 0 Å². The number of para-hydroxylation sites is 1. The summed E-state index contributed by atoms with van der Waals surface area (Å²) in [6.45, 7) is 6.20. The van der Waals surface area contributed by atoms with Crippen LogP contribution in [0.3, 0.4) is 0 Å². The molecule has 0 N–H and O–H groups in total. The van der Waals surface area contributed by atoms with Crippen molar-refractivity contribution in [1.82, 2.24) is 15.0 Å². The van der Waals surface area contributed by atoms with Crippen molar-refractivity contribution in [2.24, 2.45) is 0 Å². The Labute approximate surface area is 201 Å². The lowest BCUT2D eigenvalue weighted by Gasteiger charge is -2.31. The van der Waals surface area contributed by atoms with Crippen molar-refractivity contribution >= 4 is 35.5 Å². The Morgan fingerprint density at radius 3 is 1.79 bits per heavy atom. The summed E-state index contributed by atoms with van der Waals surface area (Å²) in [4.78, 5) is 20.9. The molecule has 0 spiro atoms. The zero-order valence-corrected chi connectivity index (χ0v) is 20.2. The van der Waals surface area contributed by atoms with Crippen molar-refractivity contribution in [3.63, 3.8) is 0 Å². The molecular formula is C26H32N6S. The quantitative estimate of drug-likeness (QED) is 0.418. The van der Waals surface area contributed by atoms with Gasteiger partial charge in [0.15, 0.2) is 0 Å². The van der Waals surface area contributed by atoms with E-state index in [0.29, 0.717) is 5.95 Å². The smallest absolute Gasteiger partial charge is 0.247 e. The summed E-state index contributed by atoms with van der Waals surface area (Å²) >= 11 is 1.68. The summed E-state index contributed by atoms with van der Waals surface area (Å²) < 4.78 is 2.16. The summed E-state index contributed by atoms with van der Waals surface area (Å²) in [5.74, 6) is 2.32. The summed E-state index contributed by atoms with van der Waals surface area (Å²) in [6.07, 6.45) is 7.35. The van der Waals surface area contributed by atoms with Crippen molar-refractivity contribution in [1.29, 1.82) is 0 Å². The van der Waals surface area contributed by atoms with E-state index < -0.39 is 0 Å². The van der Waals surface area contributed by atoms with E-state index >= 15 is 0 Å². The van der Waals surface area contributed by atoms with E-state index in [0.717, 1.165) is 43.8 Å². The normalized spacial score (nSPS) is 16.6. The van der Waals surface area contributed by atoms with Gasteiger partial charge in [-0.3, -0.25) is 0 Å². The Balaban J connectivity index is 1.58. The van der Waals surface area contributed by atoms with Gasteiger partial charge in [0, 0.05) is 31.1 Å². The minimum absolute atomic E-state index is 0.700. The van der Waals surface area contributed by atoms with Crippen LogP contribution < -0.4 is 14.1 Å². The van der Waals surface area contributed by atoms with E-state index in [1.165, 1.54) is 49.0 Å². The largest absolute Gasteiger partial charge is 0.341 e. The first-order chi connectivity index (χ1) is 16.3. The molecule has 0 saturated carbocycles. The number of benzene rings is 2. The Morgan fingerprint density at radius 1 is 0.667 bits per heavy atom. The molecule has 0 amide bonds. The Hall–Kier alpha value is -2.80. The van der Waals surface area contributed by atoms with Gasteiger partial charge in [-0.1, -0.05) is 36.4 Å². The Morgan fingerprint density at radius 2 is 1.21 bits per heavy atom. The van der Waals surface area contributed by atoms with Crippen LogP contribution in [0.15, 0.2) is 59.5 Å². The second-order valence-corrected chi connectivity index (χ2v) is 9.81. The lowest BCUT2D eigenvalue weighted by atomic mass is 10.1. The fraction of sp³-hybridized carbons (Fsp3) is 0.423. The van der Waals surface area contributed by atoms with E-state index in [-0.39, 0.29) is 0 Å². The van der Waals surface area contributed by atoms with Crippen LogP contribution in [-0.4, -0.2) is 41.1 Å². The summed E-state index contributed by atoms with van der Waals surface area (Å²) in [6, 6.07) is 18.9. The van der Waals surface area contributed by atoms with Crippen LogP contribution in [0.2, 0.25) is 0 Å². The number of hydrogen-bond acceptors (Lipinski definition) is 7. The molecule has 5 rings (SSSR count). The Kier molecular flexibility index (Phi) is 6.95. The van der Waals surface area contributed by atoms with Gasteiger partial charge in [-0.2, -0.15) is 15.0 Å². The molecule has 2 fully saturated rings. The molecule has 2 aliphatic heterocycles. The molecule has 1 aromatic heterocycles. The van der Waals surface area contributed by atoms with E-state index in [4.69, 9.17) is 15.0 Å². The number of piperidine rings is 2. The van der Waals surface area contributed by atoms with Gasteiger partial charge < -0.3 is 9.80 Å². The zero-order chi connectivity index (χ0) is 22.5. The highest BCUT2D eigenvalue weighted by Gasteiger charge is 2.24. The summed E-state index contributed by atoms with van der Waals surface area (Å²) in [7, 11) is 0. The number of anilines is 4. The van der Waals surface area contributed by atoms with E-state index in [2.05, 4.69) is 69.6 Å². The lowest BCUT2D eigenvalue weighted by molar-refractivity contribution is 0.556. The first kappa shape index (κ1) is 22.0. The minimum Gasteiger partial charge on any atom is -0.341 e. The molecule has 2 aliphatic rings. The SMILES string of the molecule is Cc1ccccc1SN(c1ccccc1)c1nc(N2CCCCC2)nc(N2CCCCC2)n1. The van der Waals surface area contributed by atoms with Gasteiger partial charge in [0.2, 0.25) is 17.8 Å². The van der Waals surface area contributed by atoms with Crippen LogP contribution in [-0.2, 0) is 0 Å². The topological polar surface area (TPSA) is 48.4 Å². The maximum Gasteiger partial charge on any atom is 0.247 e. The summed E-state index contributed by atoms with van der Waals surface area (Å²) in [5.41, 5.74) is 2.30. The van der Waals surface area contributed by atoms with Crippen LogP contribution >= 0.6 is 11.9 Å². The molecule has 3 heterocycles. The van der Waals surface area contributed by atoms with Crippen LogP contribution in [0.4, 0.5) is 23.5 Å². The third-order valence-corrected chi connectivity index (χ3v) is 7.54. The monoisotopic (exact) mass is 460 g/mol. The predicted octanol–water partition coefficient (Wildman–Crippen LogP) is 6.01. The molecule has 0 bridgehead atoms. The first-order valence-electron chi connectivity index (χ1n) is 12.1. The summed E-state index contributed by atoms with van der Waals surface area (Å²) in [5, 5.41) is 0. The van der Waals surface area contributed by atoms with Crippen LogP contribution in [0.25, 0.3) is 0 Å². The van der Waals surface area contributed by atoms with Crippen LogP contribution in [0.1, 0.15) is 44.1 Å². The molecule has 0 radical (unpaired) electrons. The van der Waals surface area contributed by atoms with Gasteiger partial charge in [-0.05, 0) is 81.2 Å². The molecule has 0 unspecified atom stereocenters. The fourth-order valence-electron chi connectivity index (χ4n) is 4.43.